The molecule has 0 heterocycles. The highest BCUT2D eigenvalue weighted by molar-refractivity contribution is 6.33. The van der Waals surface area contributed by atoms with Crippen LogP contribution in [0.4, 0.5) is 33.3 Å². The molecular formula is C24H18BF5N2O4. The first-order valence-corrected chi connectivity index (χ1v) is 10.5. The lowest BCUT2D eigenvalue weighted by molar-refractivity contribution is -0.126. The fourth-order valence-electron chi connectivity index (χ4n) is 3.30. The Kier molecular flexibility index (Phi) is 7.88. The van der Waals surface area contributed by atoms with Crippen molar-refractivity contribution in [1.29, 1.82) is 0 Å². The topological polar surface area (TPSA) is 86.7 Å². The summed E-state index contributed by atoms with van der Waals surface area (Å²) < 4.78 is 69.0. The van der Waals surface area contributed by atoms with Crippen LogP contribution in [0.15, 0.2) is 48.5 Å². The summed E-state index contributed by atoms with van der Waals surface area (Å²) in [5.41, 5.74) is -1.93. The number of nitrogens with one attached hydrogen (secondary N) is 1. The van der Waals surface area contributed by atoms with E-state index in [0.717, 1.165) is 0 Å². The van der Waals surface area contributed by atoms with E-state index in [0.29, 0.717) is 10.4 Å². The van der Waals surface area contributed by atoms with Gasteiger partial charge in [-0.15, -0.1) is 0 Å². The summed E-state index contributed by atoms with van der Waals surface area (Å²) in [7, 11) is 1.55. The third-order valence-electron chi connectivity index (χ3n) is 5.19. The molecule has 3 rings (SSSR count). The van der Waals surface area contributed by atoms with E-state index in [-0.39, 0.29) is 23.4 Å². The lowest BCUT2D eigenvalue weighted by Crippen LogP contribution is -2.44. The van der Waals surface area contributed by atoms with Gasteiger partial charge in [0.05, 0.1) is 11.4 Å². The molecule has 0 saturated heterocycles. The average Bonchev–Trinajstić information content (AvgIpc) is 2.87. The van der Waals surface area contributed by atoms with Crippen LogP contribution in [-0.2, 0) is 4.79 Å². The van der Waals surface area contributed by atoms with Crippen LogP contribution in [0.5, 0.6) is 0 Å². The molecule has 3 aromatic rings. The Morgan fingerprint density at radius 2 is 1.47 bits per heavy atom. The number of hydrogen-bond donors (Lipinski definition) is 2. The van der Waals surface area contributed by atoms with Crippen LogP contribution in [-0.4, -0.2) is 36.8 Å². The van der Waals surface area contributed by atoms with Crippen LogP contribution in [0.1, 0.15) is 34.1 Å². The van der Waals surface area contributed by atoms with Gasteiger partial charge in [0, 0.05) is 5.56 Å². The Bertz CT molecular complexity index is 1330. The molecule has 0 aliphatic carbocycles. The first-order chi connectivity index (χ1) is 17.0. The van der Waals surface area contributed by atoms with Crippen molar-refractivity contribution in [2.75, 3.05) is 10.2 Å². The first kappa shape index (κ1) is 26.5. The Labute approximate surface area is 202 Å². The Morgan fingerprint density at radius 1 is 0.917 bits per heavy atom. The number of aliphatic hydroxyl groups is 1. The number of rotatable bonds is 6. The second kappa shape index (κ2) is 10.7. The molecule has 12 heteroatoms. The number of aliphatic hydroxyl groups excluding tert-OH is 1. The molecule has 0 spiro atoms. The summed E-state index contributed by atoms with van der Waals surface area (Å²) >= 11 is 0. The smallest absolute Gasteiger partial charge is 0.265 e. The van der Waals surface area contributed by atoms with Crippen LogP contribution >= 0.6 is 0 Å². The van der Waals surface area contributed by atoms with Crippen molar-refractivity contribution in [1.82, 2.24) is 0 Å². The number of imide groups is 1. The van der Waals surface area contributed by atoms with Gasteiger partial charge < -0.3 is 10.4 Å². The monoisotopic (exact) mass is 504 g/mol. The normalized spacial score (nSPS) is 11.6. The number of anilines is 2. The number of amides is 3. The summed E-state index contributed by atoms with van der Waals surface area (Å²) in [6, 6.07) is 11.3. The molecule has 3 amide bonds. The fraction of sp³-hybridized carbons (Fsp3) is 0.125. The lowest BCUT2D eigenvalue weighted by Gasteiger charge is -2.26. The van der Waals surface area contributed by atoms with Gasteiger partial charge in [-0.25, -0.2) is 26.9 Å². The van der Waals surface area contributed by atoms with Crippen LogP contribution in [0.3, 0.4) is 0 Å². The van der Waals surface area contributed by atoms with Crippen molar-refractivity contribution < 1.29 is 41.4 Å². The van der Waals surface area contributed by atoms with Crippen LogP contribution in [0, 0.1) is 29.1 Å². The van der Waals surface area contributed by atoms with E-state index < -0.39 is 58.5 Å². The molecule has 0 saturated carbocycles. The Hall–Kier alpha value is -4.06. The molecule has 1 atom stereocenters. The predicted octanol–water partition coefficient (Wildman–Crippen LogP) is 2.84. The number of carbonyl (C=O) groups is 3. The van der Waals surface area contributed by atoms with Gasteiger partial charge in [0.15, 0.2) is 23.3 Å². The summed E-state index contributed by atoms with van der Waals surface area (Å²) in [4.78, 5) is 39.5. The third-order valence-corrected chi connectivity index (χ3v) is 5.19. The van der Waals surface area contributed by atoms with Crippen LogP contribution < -0.4 is 15.7 Å². The molecule has 1 unspecified atom stereocenters. The van der Waals surface area contributed by atoms with E-state index in [2.05, 4.69) is 0 Å². The van der Waals surface area contributed by atoms with E-state index >= 15 is 0 Å². The standard InChI is InChI=1S/C24H18BF5N2O4/c1-2-15(33)24(36)32(23(35)11-6-4-3-5-7-11)14-9-8-12(25)10-13(14)31-22(34)16-17(26)19(28)21(30)20(29)18(16)27/h3-10,15,33H,2,25H2,1H3,(H,31,34). The van der Waals surface area contributed by atoms with Crippen molar-refractivity contribution in [3.05, 3.63) is 88.7 Å². The Morgan fingerprint density at radius 3 is 2.03 bits per heavy atom. The SMILES string of the molecule is Bc1ccc(N(C(=O)c2ccccc2)C(=O)C(O)CC)c(NC(=O)c2c(F)c(F)c(F)c(F)c2F)c1. The maximum absolute atomic E-state index is 14.2. The van der Waals surface area contributed by atoms with Crippen LogP contribution in [0.2, 0.25) is 0 Å². The van der Waals surface area contributed by atoms with Gasteiger partial charge >= 0.3 is 0 Å². The van der Waals surface area contributed by atoms with Crippen molar-refractivity contribution in [2.24, 2.45) is 0 Å². The number of hydrogen-bond acceptors (Lipinski definition) is 4. The minimum Gasteiger partial charge on any atom is -0.383 e. The third kappa shape index (κ3) is 4.98. The molecule has 0 aromatic heterocycles. The number of halogens is 5. The second-order valence-corrected chi connectivity index (χ2v) is 7.69. The molecule has 186 valence electrons. The van der Waals surface area contributed by atoms with E-state index in [1.54, 1.807) is 13.9 Å². The molecule has 0 fully saturated rings. The second-order valence-electron chi connectivity index (χ2n) is 7.69. The summed E-state index contributed by atoms with van der Waals surface area (Å²) in [5, 5.41) is 12.2. The van der Waals surface area contributed by atoms with Gasteiger partial charge in [-0.05, 0) is 30.7 Å². The molecule has 0 aliphatic rings. The van der Waals surface area contributed by atoms with Crippen molar-refractivity contribution in [2.45, 2.75) is 19.4 Å². The zero-order valence-corrected chi connectivity index (χ0v) is 18.9. The Balaban J connectivity index is 2.15. The minimum atomic E-state index is -2.43. The molecule has 0 aliphatic heterocycles. The van der Waals surface area contributed by atoms with Gasteiger partial charge in [-0.1, -0.05) is 36.7 Å². The maximum atomic E-state index is 14.2. The summed E-state index contributed by atoms with van der Waals surface area (Å²) in [6.07, 6.45) is -1.70. The van der Waals surface area contributed by atoms with Gasteiger partial charge in [-0.3, -0.25) is 14.4 Å². The molecular weight excluding hydrogens is 486 g/mol. The van der Waals surface area contributed by atoms with Crippen LogP contribution in [0.25, 0.3) is 0 Å². The van der Waals surface area contributed by atoms with Crippen molar-refractivity contribution >= 4 is 42.4 Å². The largest absolute Gasteiger partial charge is 0.383 e. The number of carbonyl (C=O) groups excluding carboxylic acids is 3. The molecule has 6 nitrogen and oxygen atoms in total. The maximum Gasteiger partial charge on any atom is 0.265 e. The van der Waals surface area contributed by atoms with E-state index in [1.807, 2.05) is 5.32 Å². The zero-order valence-electron chi connectivity index (χ0n) is 18.9. The molecule has 0 bridgehead atoms. The van der Waals surface area contributed by atoms with E-state index in [9.17, 15) is 41.4 Å². The van der Waals surface area contributed by atoms with Gasteiger partial charge in [-0.2, -0.15) is 0 Å². The summed E-state index contributed by atoms with van der Waals surface area (Å²) in [6.45, 7) is 1.48. The van der Waals surface area contributed by atoms with E-state index in [4.69, 9.17) is 0 Å². The van der Waals surface area contributed by atoms with E-state index in [1.165, 1.54) is 49.4 Å². The summed E-state index contributed by atoms with van der Waals surface area (Å²) in [5.74, 6) is -15.5. The van der Waals surface area contributed by atoms with Crippen molar-refractivity contribution in [3.8, 4) is 0 Å². The first-order valence-electron chi connectivity index (χ1n) is 10.5. The van der Waals surface area contributed by atoms with Crippen molar-refractivity contribution in [3.63, 3.8) is 0 Å². The molecule has 3 aromatic carbocycles. The van der Waals surface area contributed by atoms with Gasteiger partial charge in [0.1, 0.15) is 19.5 Å². The highest BCUT2D eigenvalue weighted by Crippen LogP contribution is 2.30. The number of benzene rings is 3. The molecule has 36 heavy (non-hydrogen) atoms. The van der Waals surface area contributed by atoms with Gasteiger partial charge in [0.2, 0.25) is 5.82 Å². The highest BCUT2D eigenvalue weighted by atomic mass is 19.2. The minimum absolute atomic E-state index is 0.0340. The fourth-order valence-corrected chi connectivity index (χ4v) is 3.30. The highest BCUT2D eigenvalue weighted by Gasteiger charge is 2.33. The molecule has 0 radical (unpaired) electrons. The number of nitrogens with zero attached hydrogens (tertiary/aromatic N) is 1. The lowest BCUT2D eigenvalue weighted by atomic mass is 9.94. The van der Waals surface area contributed by atoms with Gasteiger partial charge in [0.25, 0.3) is 17.7 Å². The predicted molar refractivity (Wildman–Crippen MR) is 123 cm³/mol. The zero-order chi connectivity index (χ0) is 26.7. The average molecular weight is 504 g/mol. The quantitative estimate of drug-likeness (QED) is 0.234. The molecule has 2 N–H and O–H groups in total.